The van der Waals surface area contributed by atoms with Crippen molar-refractivity contribution in [2.24, 2.45) is 16.7 Å². The molecular weight excluding hydrogens is 451 g/mol. The summed E-state index contributed by atoms with van der Waals surface area (Å²) in [7, 11) is 1.52. The second-order valence-corrected chi connectivity index (χ2v) is 7.16. The summed E-state index contributed by atoms with van der Waals surface area (Å²) >= 11 is 0. The van der Waals surface area contributed by atoms with Crippen LogP contribution in [0.25, 0.3) is 16.6 Å². The highest BCUT2D eigenvalue weighted by atomic mass is 19.1. The summed E-state index contributed by atoms with van der Waals surface area (Å²) < 4.78 is 15.4. The maximum atomic E-state index is 14.0. The molecule has 0 spiro atoms. The molecule has 2 heterocycles. The Labute approximate surface area is 201 Å². The highest BCUT2D eigenvalue weighted by Crippen LogP contribution is 2.16. The molecule has 0 radical (unpaired) electrons. The Bertz CT molecular complexity index is 1320. The first-order chi connectivity index (χ1) is 16.7. The lowest BCUT2D eigenvalue weighted by Gasteiger charge is -2.13. The van der Waals surface area contributed by atoms with Crippen molar-refractivity contribution >= 4 is 34.1 Å². The summed E-state index contributed by atoms with van der Waals surface area (Å²) in [6.07, 6.45) is 7.44. The van der Waals surface area contributed by atoms with E-state index in [0.29, 0.717) is 29.0 Å². The summed E-state index contributed by atoms with van der Waals surface area (Å²) in [6.45, 7) is 9.33. The zero-order chi connectivity index (χ0) is 26.1. The summed E-state index contributed by atoms with van der Waals surface area (Å²) in [5.41, 5.74) is 17.5. The number of allylic oxidation sites excluding steroid dienone is 4. The molecule has 3 rings (SSSR count). The van der Waals surface area contributed by atoms with E-state index in [0.717, 1.165) is 11.5 Å². The van der Waals surface area contributed by atoms with Gasteiger partial charge in [0.2, 0.25) is 0 Å². The second kappa shape index (κ2) is 12.0. The average molecular weight is 481 g/mol. The van der Waals surface area contributed by atoms with Gasteiger partial charge in [0, 0.05) is 19.2 Å². The molecule has 1 aromatic carbocycles. The third-order valence-corrected chi connectivity index (χ3v) is 4.57. The number of rotatable bonds is 7. The van der Waals surface area contributed by atoms with Gasteiger partial charge in [-0.15, -0.1) is 5.10 Å². The van der Waals surface area contributed by atoms with Gasteiger partial charge in [0.15, 0.2) is 5.84 Å². The van der Waals surface area contributed by atoms with Gasteiger partial charge in [-0.05, 0) is 30.7 Å². The molecule has 3 aromatic rings. The van der Waals surface area contributed by atoms with E-state index in [2.05, 4.69) is 33.2 Å². The highest BCUT2D eigenvalue weighted by molar-refractivity contribution is 6.04. The molecule has 0 unspecified atom stereocenters. The molecule has 0 bridgehead atoms. The molecule has 8 N–H and O–H groups in total. The van der Waals surface area contributed by atoms with Crippen molar-refractivity contribution in [1.82, 2.24) is 24.6 Å². The molecule has 11 nitrogen and oxygen atoms in total. The van der Waals surface area contributed by atoms with Crippen molar-refractivity contribution in [2.45, 2.75) is 19.8 Å². The van der Waals surface area contributed by atoms with Gasteiger partial charge in [-0.1, -0.05) is 32.2 Å². The number of hydrazone groups is 1. The van der Waals surface area contributed by atoms with E-state index < -0.39 is 11.4 Å². The molecule has 0 aliphatic rings. The largest absolute Gasteiger partial charge is 0.383 e. The Morgan fingerprint density at radius 2 is 1.91 bits per heavy atom. The molecule has 0 amide bonds. The number of anilines is 2. The van der Waals surface area contributed by atoms with E-state index in [1.807, 2.05) is 6.92 Å². The maximum absolute atomic E-state index is 14.0. The summed E-state index contributed by atoms with van der Waals surface area (Å²) in [5.74, 6) is 5.71. The molecule has 0 saturated heterocycles. The fourth-order valence-electron chi connectivity index (χ4n) is 3.14. The monoisotopic (exact) mass is 480 g/mol. The number of hydrogen-bond donors (Lipinski definition) is 4. The zero-order valence-corrected chi connectivity index (χ0v) is 19.6. The van der Waals surface area contributed by atoms with Gasteiger partial charge in [-0.25, -0.2) is 30.3 Å². The van der Waals surface area contributed by atoms with Crippen molar-refractivity contribution in [2.75, 3.05) is 18.5 Å². The van der Waals surface area contributed by atoms with Crippen LogP contribution in [0, 0.1) is 5.82 Å². The predicted octanol–water partition coefficient (Wildman–Crippen LogP) is 1.77. The van der Waals surface area contributed by atoms with E-state index in [1.54, 1.807) is 24.3 Å². The summed E-state index contributed by atoms with van der Waals surface area (Å²) in [6, 6.07) is 4.46. The molecular formula is C23H29FN10O. The van der Waals surface area contributed by atoms with Crippen molar-refractivity contribution in [3.8, 4) is 0 Å². The third-order valence-electron chi connectivity index (χ3n) is 4.57. The fourth-order valence-corrected chi connectivity index (χ4v) is 3.14. The zero-order valence-electron chi connectivity index (χ0n) is 19.6. The number of nitrogen functional groups attached to an aromatic ring is 2. The van der Waals surface area contributed by atoms with Gasteiger partial charge in [-0.3, -0.25) is 9.36 Å². The SMILES string of the molecule is C=C/C=C(\C=C)n1c(CCC)nc2cccc(F)c2c1=O.CN(N)/N=C(\N)c1c(N)ncnc1N. The van der Waals surface area contributed by atoms with Crippen LogP contribution in [-0.2, 0) is 6.42 Å². The van der Waals surface area contributed by atoms with Gasteiger partial charge in [0.05, 0.1) is 5.52 Å². The van der Waals surface area contributed by atoms with Crippen LogP contribution in [0.5, 0.6) is 0 Å². The van der Waals surface area contributed by atoms with Crippen molar-refractivity contribution in [1.29, 1.82) is 0 Å². The molecule has 184 valence electrons. The quantitative estimate of drug-likeness (QED) is 0.129. The Balaban J connectivity index is 0.000000269. The molecule has 0 atom stereocenters. The van der Waals surface area contributed by atoms with Crippen LogP contribution in [0.1, 0.15) is 24.7 Å². The van der Waals surface area contributed by atoms with E-state index in [9.17, 15) is 9.18 Å². The van der Waals surface area contributed by atoms with Crippen LogP contribution in [0.4, 0.5) is 16.0 Å². The molecule has 12 heteroatoms. The van der Waals surface area contributed by atoms with Crippen LogP contribution in [0.15, 0.2) is 65.8 Å². The van der Waals surface area contributed by atoms with E-state index in [4.69, 9.17) is 23.0 Å². The van der Waals surface area contributed by atoms with Crippen LogP contribution >= 0.6 is 0 Å². The lowest BCUT2D eigenvalue weighted by molar-refractivity contribution is 0.371. The number of hydrogen-bond acceptors (Lipinski definition) is 9. The highest BCUT2D eigenvalue weighted by Gasteiger charge is 2.15. The topological polar surface area (TPSA) is 180 Å². The number of hydrazine groups is 1. The number of nitrogens with zero attached hydrogens (tertiary/aromatic N) is 6. The molecule has 0 aliphatic heterocycles. The third kappa shape index (κ3) is 6.26. The molecule has 35 heavy (non-hydrogen) atoms. The Morgan fingerprint density at radius 1 is 1.26 bits per heavy atom. The van der Waals surface area contributed by atoms with E-state index in [-0.39, 0.29) is 22.9 Å². The van der Waals surface area contributed by atoms with Gasteiger partial charge in [0.25, 0.3) is 5.56 Å². The Hall–Kier alpha value is -4.58. The number of halogens is 1. The number of amidine groups is 1. The van der Waals surface area contributed by atoms with Gasteiger partial charge >= 0.3 is 0 Å². The smallest absolute Gasteiger partial charge is 0.268 e. The Morgan fingerprint density at radius 3 is 2.46 bits per heavy atom. The van der Waals surface area contributed by atoms with Crippen LogP contribution in [0.2, 0.25) is 0 Å². The maximum Gasteiger partial charge on any atom is 0.268 e. The minimum absolute atomic E-state index is 0.00540. The predicted molar refractivity (Wildman–Crippen MR) is 138 cm³/mol. The average Bonchev–Trinajstić information content (AvgIpc) is 2.78. The minimum atomic E-state index is -0.566. The number of benzene rings is 1. The first kappa shape index (κ1) is 26.7. The first-order valence-corrected chi connectivity index (χ1v) is 10.5. The molecule has 2 aromatic heterocycles. The van der Waals surface area contributed by atoms with Crippen molar-refractivity contribution in [3.63, 3.8) is 0 Å². The second-order valence-electron chi connectivity index (χ2n) is 7.16. The van der Waals surface area contributed by atoms with E-state index in [1.165, 1.54) is 30.1 Å². The minimum Gasteiger partial charge on any atom is -0.383 e. The molecule has 0 aliphatic carbocycles. The van der Waals surface area contributed by atoms with Gasteiger partial charge in [0.1, 0.15) is 40.6 Å². The van der Waals surface area contributed by atoms with Gasteiger partial charge < -0.3 is 17.2 Å². The number of aryl methyl sites for hydroxylation is 1. The first-order valence-electron chi connectivity index (χ1n) is 10.5. The summed E-state index contributed by atoms with van der Waals surface area (Å²) in [5, 5.41) is 4.77. The summed E-state index contributed by atoms with van der Waals surface area (Å²) in [4.78, 5) is 24.6. The number of fused-ring (bicyclic) bond motifs is 1. The van der Waals surface area contributed by atoms with E-state index >= 15 is 0 Å². The lowest BCUT2D eigenvalue weighted by Crippen LogP contribution is -2.27. The normalized spacial score (nSPS) is 11.5. The lowest BCUT2D eigenvalue weighted by atomic mass is 10.2. The van der Waals surface area contributed by atoms with Crippen LogP contribution < -0.4 is 28.6 Å². The van der Waals surface area contributed by atoms with Crippen LogP contribution in [-0.4, -0.2) is 37.5 Å². The molecule has 0 saturated carbocycles. The van der Waals surface area contributed by atoms with Crippen LogP contribution in [0.3, 0.4) is 0 Å². The fraction of sp³-hybridized carbons (Fsp3) is 0.174. The standard InChI is InChI=1S/C17H17FN2O.C6H12N8/c1-4-8-12(6-3)20-15(9-5-2)19-14-11-7-10-13(18)16(14)17(20)21;1-14(10)13-6(9)3-4(7)11-2-12-5(3)8/h4,6-8,10-11H,1,3,5,9H2,2H3;2H,10H2,1H3,(H2,9,13)(H4,7,8,11,12)/b12-8+;. The van der Waals surface area contributed by atoms with Crippen molar-refractivity contribution < 1.29 is 4.39 Å². The number of aromatic nitrogens is 4. The number of nitrogens with two attached hydrogens (primary N) is 4. The Kier molecular flexibility index (Phi) is 9.18. The van der Waals surface area contributed by atoms with Gasteiger partial charge in [-0.2, -0.15) is 0 Å². The molecule has 0 fully saturated rings. The van der Waals surface area contributed by atoms with Crippen molar-refractivity contribution in [3.05, 3.63) is 83.5 Å².